The number of hydrogen-bond donors (Lipinski definition) is 1. The van der Waals surface area contributed by atoms with E-state index < -0.39 is 0 Å². The van der Waals surface area contributed by atoms with Crippen LogP contribution in [0.1, 0.15) is 46.0 Å². The molecule has 2 aromatic heterocycles. The van der Waals surface area contributed by atoms with Crippen molar-refractivity contribution in [2.75, 3.05) is 13.1 Å². The van der Waals surface area contributed by atoms with E-state index in [2.05, 4.69) is 15.4 Å². The molecule has 0 fully saturated rings. The van der Waals surface area contributed by atoms with Crippen molar-refractivity contribution in [3.8, 4) is 0 Å². The summed E-state index contributed by atoms with van der Waals surface area (Å²) in [5.41, 5.74) is 2.80. The fourth-order valence-corrected chi connectivity index (χ4v) is 2.80. The van der Waals surface area contributed by atoms with E-state index in [1.807, 2.05) is 31.5 Å². The monoisotopic (exact) mass is 341 g/mol. The van der Waals surface area contributed by atoms with E-state index in [1.54, 1.807) is 23.4 Å². The average Bonchev–Trinajstić information content (AvgIpc) is 3.02. The molecule has 1 aliphatic rings. The summed E-state index contributed by atoms with van der Waals surface area (Å²) in [6, 6.07) is 3.60. The van der Waals surface area contributed by atoms with E-state index in [-0.39, 0.29) is 11.8 Å². The molecule has 0 aromatic carbocycles. The number of amides is 2. The second-order valence-corrected chi connectivity index (χ2v) is 6.77. The Balaban J connectivity index is 1.72. The van der Waals surface area contributed by atoms with Crippen molar-refractivity contribution >= 4 is 11.8 Å². The van der Waals surface area contributed by atoms with Gasteiger partial charge in [-0.05, 0) is 30.5 Å². The van der Waals surface area contributed by atoms with Gasteiger partial charge in [-0.3, -0.25) is 19.3 Å². The Morgan fingerprint density at radius 2 is 2.12 bits per heavy atom. The van der Waals surface area contributed by atoms with Gasteiger partial charge in [0.15, 0.2) is 5.69 Å². The van der Waals surface area contributed by atoms with Crippen LogP contribution < -0.4 is 5.32 Å². The molecule has 7 nitrogen and oxygen atoms in total. The highest BCUT2D eigenvalue weighted by atomic mass is 16.2. The Morgan fingerprint density at radius 1 is 1.32 bits per heavy atom. The third-order valence-corrected chi connectivity index (χ3v) is 4.26. The van der Waals surface area contributed by atoms with Gasteiger partial charge in [-0.25, -0.2) is 0 Å². The molecule has 2 aromatic rings. The third kappa shape index (κ3) is 3.70. The minimum Gasteiger partial charge on any atom is -0.350 e. The van der Waals surface area contributed by atoms with E-state index >= 15 is 0 Å². The van der Waals surface area contributed by atoms with Gasteiger partial charge in [-0.2, -0.15) is 5.10 Å². The minimum atomic E-state index is -0.170. The number of aromatic nitrogens is 3. The van der Waals surface area contributed by atoms with Crippen LogP contribution >= 0.6 is 0 Å². The molecule has 0 unspecified atom stereocenters. The molecule has 7 heteroatoms. The van der Waals surface area contributed by atoms with Crippen LogP contribution in [-0.2, 0) is 13.1 Å². The lowest BCUT2D eigenvalue weighted by atomic mass is 10.1. The summed E-state index contributed by atoms with van der Waals surface area (Å²) in [7, 11) is 0. The summed E-state index contributed by atoms with van der Waals surface area (Å²) in [6.45, 7) is 8.20. The first-order valence-electron chi connectivity index (χ1n) is 8.50. The lowest BCUT2D eigenvalue weighted by molar-refractivity contribution is 0.0704. The molecular formula is C18H23N5O2. The highest BCUT2D eigenvalue weighted by Crippen LogP contribution is 2.17. The Kier molecular flexibility index (Phi) is 4.83. The summed E-state index contributed by atoms with van der Waals surface area (Å²) in [6.07, 6.45) is 3.29. The molecule has 3 heterocycles. The standard InChI is InChI=1S/C18H23N5O2/c1-12(2)9-20-17(24)16-8-14-11-22(6-7-23(14)21-16)18(25)15-10-19-5-4-13(15)3/h4-5,8,10,12H,6-7,9,11H2,1-3H3,(H,20,24). The quantitative estimate of drug-likeness (QED) is 0.916. The normalized spacial score (nSPS) is 13.7. The van der Waals surface area contributed by atoms with E-state index in [0.717, 1.165) is 11.3 Å². The van der Waals surface area contributed by atoms with E-state index in [1.165, 1.54) is 0 Å². The predicted molar refractivity (Wildman–Crippen MR) is 93.1 cm³/mol. The van der Waals surface area contributed by atoms with E-state index in [9.17, 15) is 9.59 Å². The van der Waals surface area contributed by atoms with Gasteiger partial charge in [-0.15, -0.1) is 0 Å². The Morgan fingerprint density at radius 3 is 2.84 bits per heavy atom. The van der Waals surface area contributed by atoms with Gasteiger partial charge in [0.05, 0.1) is 24.3 Å². The van der Waals surface area contributed by atoms with Gasteiger partial charge in [0.2, 0.25) is 0 Å². The maximum atomic E-state index is 12.7. The van der Waals surface area contributed by atoms with E-state index in [4.69, 9.17) is 0 Å². The second kappa shape index (κ2) is 7.04. The van der Waals surface area contributed by atoms with Crippen LogP contribution in [0.3, 0.4) is 0 Å². The first kappa shape index (κ1) is 17.1. The minimum absolute atomic E-state index is 0.0381. The number of pyridine rings is 1. The fraction of sp³-hybridized carbons (Fsp3) is 0.444. The van der Waals surface area contributed by atoms with Crippen molar-refractivity contribution in [3.05, 3.63) is 47.0 Å². The number of carbonyl (C=O) groups excluding carboxylic acids is 2. The van der Waals surface area contributed by atoms with E-state index in [0.29, 0.717) is 43.4 Å². The lowest BCUT2D eigenvalue weighted by Gasteiger charge is -2.28. The average molecular weight is 341 g/mol. The number of fused-ring (bicyclic) bond motifs is 1. The maximum Gasteiger partial charge on any atom is 0.271 e. The molecule has 0 atom stereocenters. The van der Waals surface area contributed by atoms with Crippen LogP contribution in [0.2, 0.25) is 0 Å². The van der Waals surface area contributed by atoms with Crippen molar-refractivity contribution in [2.45, 2.75) is 33.9 Å². The number of carbonyl (C=O) groups is 2. The van der Waals surface area contributed by atoms with Crippen molar-refractivity contribution in [2.24, 2.45) is 5.92 Å². The highest BCUT2D eigenvalue weighted by Gasteiger charge is 2.25. The third-order valence-electron chi connectivity index (χ3n) is 4.26. The van der Waals surface area contributed by atoms with Gasteiger partial charge < -0.3 is 10.2 Å². The summed E-state index contributed by atoms with van der Waals surface area (Å²) in [5, 5.41) is 7.24. The predicted octanol–water partition coefficient (Wildman–Crippen LogP) is 1.63. The Hall–Kier alpha value is -2.70. The summed E-state index contributed by atoms with van der Waals surface area (Å²) >= 11 is 0. The molecule has 0 saturated carbocycles. The fourth-order valence-electron chi connectivity index (χ4n) is 2.80. The van der Waals surface area contributed by atoms with Crippen LogP contribution in [0.15, 0.2) is 24.5 Å². The number of aryl methyl sites for hydroxylation is 1. The number of rotatable bonds is 4. The van der Waals surface area contributed by atoms with Crippen LogP contribution in [0.4, 0.5) is 0 Å². The molecule has 1 aliphatic heterocycles. The van der Waals surface area contributed by atoms with Crippen molar-refractivity contribution in [3.63, 3.8) is 0 Å². The first-order chi connectivity index (χ1) is 12.0. The van der Waals surface area contributed by atoms with Gasteiger partial charge in [-0.1, -0.05) is 13.8 Å². The molecule has 1 N–H and O–H groups in total. The van der Waals surface area contributed by atoms with Crippen LogP contribution in [0, 0.1) is 12.8 Å². The zero-order chi connectivity index (χ0) is 18.0. The second-order valence-electron chi connectivity index (χ2n) is 6.77. The molecule has 0 saturated heterocycles. The van der Waals surface area contributed by atoms with Crippen molar-refractivity contribution in [1.82, 2.24) is 25.0 Å². The smallest absolute Gasteiger partial charge is 0.271 e. The SMILES string of the molecule is Cc1ccncc1C(=O)N1CCn2nc(C(=O)NCC(C)C)cc2C1. The zero-order valence-electron chi connectivity index (χ0n) is 14.8. The first-order valence-corrected chi connectivity index (χ1v) is 8.50. The molecule has 0 bridgehead atoms. The Bertz CT molecular complexity index is 797. The molecule has 0 radical (unpaired) electrons. The largest absolute Gasteiger partial charge is 0.350 e. The Labute approximate surface area is 147 Å². The summed E-state index contributed by atoms with van der Waals surface area (Å²) < 4.78 is 1.81. The number of hydrogen-bond acceptors (Lipinski definition) is 4. The lowest BCUT2D eigenvalue weighted by Crippen LogP contribution is -2.38. The topological polar surface area (TPSA) is 80.1 Å². The molecule has 0 aliphatic carbocycles. The summed E-state index contributed by atoms with van der Waals surface area (Å²) in [5.74, 6) is 0.178. The molecule has 25 heavy (non-hydrogen) atoms. The molecule has 2 amide bonds. The number of nitrogens with zero attached hydrogens (tertiary/aromatic N) is 4. The molecule has 3 rings (SSSR count). The highest BCUT2D eigenvalue weighted by molar-refractivity contribution is 5.95. The molecule has 0 spiro atoms. The molecular weight excluding hydrogens is 318 g/mol. The summed E-state index contributed by atoms with van der Waals surface area (Å²) in [4.78, 5) is 30.7. The van der Waals surface area contributed by atoms with Crippen molar-refractivity contribution in [1.29, 1.82) is 0 Å². The molecule has 132 valence electrons. The van der Waals surface area contributed by atoms with Crippen LogP contribution in [0.25, 0.3) is 0 Å². The zero-order valence-corrected chi connectivity index (χ0v) is 14.8. The van der Waals surface area contributed by atoms with Gasteiger partial charge >= 0.3 is 0 Å². The number of nitrogens with one attached hydrogen (secondary N) is 1. The van der Waals surface area contributed by atoms with Gasteiger partial charge in [0.1, 0.15) is 0 Å². The van der Waals surface area contributed by atoms with Crippen LogP contribution in [0.5, 0.6) is 0 Å². The van der Waals surface area contributed by atoms with Gasteiger partial charge in [0, 0.05) is 25.5 Å². The van der Waals surface area contributed by atoms with Gasteiger partial charge in [0.25, 0.3) is 11.8 Å². The van der Waals surface area contributed by atoms with Crippen molar-refractivity contribution < 1.29 is 9.59 Å². The van der Waals surface area contributed by atoms with Crippen LogP contribution in [-0.4, -0.2) is 44.6 Å². The maximum absolute atomic E-state index is 12.7.